The van der Waals surface area contributed by atoms with Crippen LogP contribution in [0.5, 0.6) is 0 Å². The van der Waals surface area contributed by atoms with Crippen LogP contribution >= 0.6 is 0 Å². The highest BCUT2D eigenvalue weighted by atomic mass is 28.4. The van der Waals surface area contributed by atoms with Crippen LogP contribution in [0.3, 0.4) is 0 Å². The second kappa shape index (κ2) is 15.7. The van der Waals surface area contributed by atoms with E-state index in [0.29, 0.717) is 19.8 Å². The molecule has 0 rings (SSSR count). The standard InChI is InChI=1S/C21H45FO4Si3/c1-8-16-29(17-9-2,19-11-13-25-20-22)21-28(6,7)26-27(4,5)18-10-12-24-15-14-23-3/h8-9H,1-2,10-21H2,3-7H3. The predicted octanol–water partition coefficient (Wildman–Crippen LogP) is 6.16. The first-order valence-corrected chi connectivity index (χ1v) is 19.8. The van der Waals surface area contributed by atoms with Gasteiger partial charge in [-0.2, -0.15) is 0 Å². The van der Waals surface area contributed by atoms with Crippen LogP contribution in [0.25, 0.3) is 0 Å². The number of halogens is 1. The van der Waals surface area contributed by atoms with Crippen LogP contribution in [0.15, 0.2) is 25.3 Å². The van der Waals surface area contributed by atoms with Gasteiger partial charge in [0.05, 0.1) is 21.3 Å². The van der Waals surface area contributed by atoms with Gasteiger partial charge in [-0.1, -0.05) is 18.2 Å². The van der Waals surface area contributed by atoms with Crippen LogP contribution in [0.1, 0.15) is 12.8 Å². The van der Waals surface area contributed by atoms with Crippen LogP contribution in [-0.2, 0) is 18.3 Å². The van der Waals surface area contributed by atoms with Crippen molar-refractivity contribution in [2.45, 2.75) is 68.9 Å². The zero-order valence-corrected chi connectivity index (χ0v) is 22.6. The molecule has 0 aliphatic heterocycles. The average molecular weight is 465 g/mol. The molecule has 0 saturated heterocycles. The normalized spacial score (nSPS) is 12.9. The minimum absolute atomic E-state index is 0.492. The molecule has 0 fully saturated rings. The largest absolute Gasteiger partial charge is 0.456 e. The number of hydrogen-bond acceptors (Lipinski definition) is 4. The molecule has 0 radical (unpaired) electrons. The monoisotopic (exact) mass is 464 g/mol. The summed E-state index contributed by atoms with van der Waals surface area (Å²) in [6, 6.07) is 4.34. The summed E-state index contributed by atoms with van der Waals surface area (Å²) >= 11 is 0. The maximum atomic E-state index is 12.3. The topological polar surface area (TPSA) is 36.9 Å². The summed E-state index contributed by atoms with van der Waals surface area (Å²) in [5, 5.41) is 0. The van der Waals surface area contributed by atoms with E-state index in [1.807, 2.05) is 0 Å². The highest BCUT2D eigenvalue weighted by molar-refractivity contribution is 6.97. The van der Waals surface area contributed by atoms with Gasteiger partial charge in [-0.05, 0) is 62.8 Å². The van der Waals surface area contributed by atoms with E-state index in [9.17, 15) is 4.39 Å². The quantitative estimate of drug-likeness (QED) is 0.123. The summed E-state index contributed by atoms with van der Waals surface area (Å²) in [5.74, 6) is 0. The zero-order chi connectivity index (χ0) is 22.2. The third-order valence-corrected chi connectivity index (χ3v) is 21.2. The second-order valence-electron chi connectivity index (χ2n) is 9.11. The molecule has 172 valence electrons. The van der Waals surface area contributed by atoms with Gasteiger partial charge in [0.15, 0.2) is 23.5 Å². The van der Waals surface area contributed by atoms with Gasteiger partial charge in [0.2, 0.25) is 0 Å². The molecule has 0 aromatic heterocycles. The van der Waals surface area contributed by atoms with Crippen molar-refractivity contribution in [3.05, 3.63) is 25.3 Å². The first-order chi connectivity index (χ1) is 13.7. The van der Waals surface area contributed by atoms with Crippen molar-refractivity contribution in [3.8, 4) is 0 Å². The molecule has 0 heterocycles. The Labute approximate surface area is 182 Å². The Morgan fingerprint density at radius 1 is 0.793 bits per heavy atom. The third-order valence-electron chi connectivity index (χ3n) is 5.08. The van der Waals surface area contributed by atoms with Crippen molar-refractivity contribution < 1.29 is 22.7 Å². The van der Waals surface area contributed by atoms with Crippen molar-refractivity contribution in [2.24, 2.45) is 0 Å². The fraction of sp³-hybridized carbons (Fsp3) is 0.810. The van der Waals surface area contributed by atoms with Crippen molar-refractivity contribution in [1.29, 1.82) is 0 Å². The number of hydrogen-bond donors (Lipinski definition) is 0. The molecule has 4 nitrogen and oxygen atoms in total. The molecule has 0 aliphatic carbocycles. The summed E-state index contributed by atoms with van der Waals surface area (Å²) in [4.78, 5) is 0. The first kappa shape index (κ1) is 28.9. The van der Waals surface area contributed by atoms with E-state index in [4.69, 9.17) is 18.3 Å². The molecule has 0 spiro atoms. The lowest BCUT2D eigenvalue weighted by molar-refractivity contribution is 0.0583. The Kier molecular flexibility index (Phi) is 15.6. The first-order valence-electron chi connectivity index (χ1n) is 10.8. The SMILES string of the molecule is C=CC[Si](CC=C)(CCCOCF)C[Si](C)(C)O[Si](C)(C)CCCOCCOC. The van der Waals surface area contributed by atoms with Gasteiger partial charge in [0, 0.05) is 20.3 Å². The highest BCUT2D eigenvalue weighted by Crippen LogP contribution is 2.35. The number of rotatable bonds is 20. The Morgan fingerprint density at radius 3 is 1.93 bits per heavy atom. The van der Waals surface area contributed by atoms with Gasteiger partial charge in [-0.15, -0.1) is 13.2 Å². The highest BCUT2D eigenvalue weighted by Gasteiger charge is 2.41. The third kappa shape index (κ3) is 14.5. The van der Waals surface area contributed by atoms with Gasteiger partial charge in [-0.3, -0.25) is 0 Å². The Hall–Kier alpha value is -0.0994. The number of allylic oxidation sites excluding steroid dienone is 2. The molecule has 0 saturated carbocycles. The van der Waals surface area contributed by atoms with Crippen LogP contribution in [0.4, 0.5) is 4.39 Å². The summed E-state index contributed by atoms with van der Waals surface area (Å²) < 4.78 is 34.8. The lowest BCUT2D eigenvalue weighted by Gasteiger charge is -2.41. The van der Waals surface area contributed by atoms with E-state index < -0.39 is 31.6 Å². The van der Waals surface area contributed by atoms with Gasteiger partial charge >= 0.3 is 0 Å². The second-order valence-corrected chi connectivity index (χ2v) is 23.2. The molecule has 0 amide bonds. The zero-order valence-electron chi connectivity index (χ0n) is 19.6. The van der Waals surface area contributed by atoms with Gasteiger partial charge in [-0.25, -0.2) is 4.39 Å². The van der Waals surface area contributed by atoms with Crippen LogP contribution < -0.4 is 0 Å². The van der Waals surface area contributed by atoms with Gasteiger partial charge in [0.1, 0.15) is 0 Å². The average Bonchev–Trinajstić information content (AvgIpc) is 2.61. The smallest absolute Gasteiger partial charge is 0.188 e. The van der Waals surface area contributed by atoms with Gasteiger partial charge < -0.3 is 18.3 Å². The van der Waals surface area contributed by atoms with Crippen LogP contribution in [0.2, 0.25) is 56.0 Å². The molecule has 0 aliphatic rings. The maximum Gasteiger partial charge on any atom is 0.188 e. The van der Waals surface area contributed by atoms with E-state index in [0.717, 1.165) is 43.6 Å². The lowest BCUT2D eigenvalue weighted by atomic mass is 10.5. The molecule has 0 atom stereocenters. The fourth-order valence-corrected chi connectivity index (χ4v) is 24.4. The Bertz CT molecular complexity index is 438. The van der Waals surface area contributed by atoms with E-state index in [2.05, 4.69) is 51.5 Å². The molecule has 29 heavy (non-hydrogen) atoms. The molecule has 8 heteroatoms. The summed E-state index contributed by atoms with van der Waals surface area (Å²) in [7, 11) is -3.56. The molecule has 0 N–H and O–H groups in total. The van der Waals surface area contributed by atoms with Crippen LogP contribution in [0, 0.1) is 0 Å². The summed E-state index contributed by atoms with van der Waals surface area (Å²) in [5.41, 5.74) is 1.19. The molecule has 0 bridgehead atoms. The molecule has 0 aromatic carbocycles. The number of methoxy groups -OCH3 is 1. The lowest BCUT2D eigenvalue weighted by Crippen LogP contribution is -2.51. The minimum atomic E-state index is -1.85. The number of ether oxygens (including phenoxy) is 3. The van der Waals surface area contributed by atoms with Crippen molar-refractivity contribution >= 4 is 24.7 Å². The van der Waals surface area contributed by atoms with E-state index in [1.165, 1.54) is 5.67 Å². The van der Waals surface area contributed by atoms with Gasteiger partial charge in [0.25, 0.3) is 0 Å². The van der Waals surface area contributed by atoms with E-state index in [-0.39, 0.29) is 0 Å². The fourth-order valence-electron chi connectivity index (χ4n) is 4.32. The minimum Gasteiger partial charge on any atom is -0.456 e. The van der Waals surface area contributed by atoms with Crippen LogP contribution in [-0.4, -0.2) is 65.1 Å². The predicted molar refractivity (Wildman–Crippen MR) is 130 cm³/mol. The Balaban J connectivity index is 4.86. The summed E-state index contributed by atoms with van der Waals surface area (Å²) in [6.45, 7) is 19.3. The molecular weight excluding hydrogens is 419 g/mol. The maximum absolute atomic E-state index is 12.3. The Morgan fingerprint density at radius 2 is 1.38 bits per heavy atom. The van der Waals surface area contributed by atoms with E-state index in [1.54, 1.807) is 7.11 Å². The van der Waals surface area contributed by atoms with E-state index >= 15 is 0 Å². The van der Waals surface area contributed by atoms with Crippen molar-refractivity contribution in [1.82, 2.24) is 0 Å². The van der Waals surface area contributed by atoms with Crippen molar-refractivity contribution in [3.63, 3.8) is 0 Å². The molecule has 0 aromatic rings. The summed E-state index contributed by atoms with van der Waals surface area (Å²) in [6.07, 6.45) is 6.07. The number of alkyl halides is 1. The molecular formula is C21H45FO4Si3. The van der Waals surface area contributed by atoms with Crippen molar-refractivity contribution in [2.75, 3.05) is 40.4 Å². The molecule has 0 unspecified atom stereocenters.